The number of rotatable bonds is 6. The Bertz CT molecular complexity index is 1160. The lowest BCUT2D eigenvalue weighted by Gasteiger charge is -2.30. The van der Waals surface area contributed by atoms with E-state index in [4.69, 9.17) is 16.6 Å². The molecule has 8 heteroatoms. The van der Waals surface area contributed by atoms with Gasteiger partial charge in [-0.05, 0) is 65.5 Å². The Hall–Kier alpha value is -2.38. The number of aromatic nitrogens is 2. The molecule has 0 saturated carbocycles. The zero-order valence-corrected chi connectivity index (χ0v) is 20.4. The molecular formula is C23H26BrClN4O2. The van der Waals surface area contributed by atoms with Gasteiger partial charge in [0.2, 0.25) is 0 Å². The Morgan fingerprint density at radius 2 is 1.94 bits per heavy atom. The number of carbonyl (C=O) groups is 1. The minimum absolute atomic E-state index is 0.168. The first-order chi connectivity index (χ1) is 14.7. The predicted molar refractivity (Wildman–Crippen MR) is 130 cm³/mol. The molecule has 0 radical (unpaired) electrons. The number of nitrogens with one attached hydrogen (secondary N) is 1. The van der Waals surface area contributed by atoms with Crippen molar-refractivity contribution in [2.45, 2.75) is 33.2 Å². The van der Waals surface area contributed by atoms with Crippen molar-refractivity contribution in [2.24, 2.45) is 13.0 Å². The molecule has 6 nitrogen and oxygen atoms in total. The molecule has 2 aromatic carbocycles. The molecule has 0 aliphatic carbocycles. The van der Waals surface area contributed by atoms with Gasteiger partial charge in [-0.3, -0.25) is 9.36 Å². The average molecular weight is 506 g/mol. The van der Waals surface area contributed by atoms with Gasteiger partial charge < -0.3 is 10.2 Å². The highest BCUT2D eigenvalue weighted by atomic mass is 79.9. The first-order valence-corrected chi connectivity index (χ1v) is 11.3. The third kappa shape index (κ3) is 5.28. The van der Waals surface area contributed by atoms with Crippen LogP contribution in [0.4, 0.5) is 10.5 Å². The quantitative estimate of drug-likeness (QED) is 0.447. The highest BCUT2D eigenvalue weighted by molar-refractivity contribution is 9.10. The topological polar surface area (TPSA) is 67.2 Å². The molecule has 0 spiro atoms. The van der Waals surface area contributed by atoms with Gasteiger partial charge in [0.1, 0.15) is 5.82 Å². The molecule has 31 heavy (non-hydrogen) atoms. The molecule has 0 saturated heterocycles. The van der Waals surface area contributed by atoms with E-state index in [0.29, 0.717) is 39.9 Å². The Morgan fingerprint density at radius 3 is 2.61 bits per heavy atom. The minimum atomic E-state index is -0.428. The van der Waals surface area contributed by atoms with Crippen LogP contribution in [0.1, 0.15) is 39.1 Å². The zero-order valence-electron chi connectivity index (χ0n) is 18.0. The van der Waals surface area contributed by atoms with E-state index < -0.39 is 6.04 Å². The third-order valence-corrected chi connectivity index (χ3v) is 6.16. The fourth-order valence-electron chi connectivity index (χ4n) is 3.39. The molecule has 164 valence electrons. The maximum absolute atomic E-state index is 13.3. The number of para-hydroxylation sites is 1. The van der Waals surface area contributed by atoms with Crippen LogP contribution in [0.25, 0.3) is 10.9 Å². The maximum Gasteiger partial charge on any atom is 0.322 e. The monoisotopic (exact) mass is 504 g/mol. The highest BCUT2D eigenvalue weighted by Gasteiger charge is 2.26. The van der Waals surface area contributed by atoms with Crippen LogP contribution in [0, 0.1) is 5.92 Å². The van der Waals surface area contributed by atoms with Gasteiger partial charge in [-0.2, -0.15) is 0 Å². The number of amides is 2. The molecule has 1 aromatic heterocycles. The summed E-state index contributed by atoms with van der Waals surface area (Å²) in [6.07, 6.45) is 0.821. The van der Waals surface area contributed by atoms with E-state index in [0.717, 1.165) is 10.9 Å². The van der Waals surface area contributed by atoms with Crippen LogP contribution in [0.2, 0.25) is 5.02 Å². The SMILES string of the molecule is CC(C)CCN(C(=O)Nc1ccccc1Br)C(C)c1nc2cc(Cl)ccc2c(=O)n1C. The molecule has 1 atom stereocenters. The first-order valence-electron chi connectivity index (χ1n) is 10.2. The summed E-state index contributed by atoms with van der Waals surface area (Å²) in [6, 6.07) is 11.8. The largest absolute Gasteiger partial charge is 0.322 e. The number of fused-ring (bicyclic) bond motifs is 1. The summed E-state index contributed by atoms with van der Waals surface area (Å²) in [5, 5.41) is 3.97. The number of nitrogens with zero attached hydrogens (tertiary/aromatic N) is 3. The van der Waals surface area contributed by atoms with Gasteiger partial charge >= 0.3 is 6.03 Å². The minimum Gasteiger partial charge on any atom is -0.315 e. The van der Waals surface area contributed by atoms with E-state index in [2.05, 4.69) is 35.1 Å². The summed E-state index contributed by atoms with van der Waals surface area (Å²) in [7, 11) is 1.68. The van der Waals surface area contributed by atoms with Crippen LogP contribution in [0.3, 0.4) is 0 Å². The van der Waals surface area contributed by atoms with Gasteiger partial charge in [-0.15, -0.1) is 0 Å². The van der Waals surface area contributed by atoms with Gasteiger partial charge in [0.25, 0.3) is 5.56 Å². The van der Waals surface area contributed by atoms with Crippen molar-refractivity contribution in [1.82, 2.24) is 14.5 Å². The van der Waals surface area contributed by atoms with Crippen LogP contribution in [0.5, 0.6) is 0 Å². The van der Waals surface area contributed by atoms with Crippen molar-refractivity contribution in [1.29, 1.82) is 0 Å². The number of carbonyl (C=O) groups excluding carboxylic acids is 1. The van der Waals surface area contributed by atoms with E-state index >= 15 is 0 Å². The number of halogens is 2. The predicted octanol–water partition coefficient (Wildman–Crippen LogP) is 5.99. The molecule has 1 unspecified atom stereocenters. The Labute approximate surface area is 195 Å². The van der Waals surface area contributed by atoms with Gasteiger partial charge in [0, 0.05) is 23.1 Å². The summed E-state index contributed by atoms with van der Waals surface area (Å²) in [5.41, 5.74) is 1.03. The Morgan fingerprint density at radius 1 is 1.23 bits per heavy atom. The summed E-state index contributed by atoms with van der Waals surface area (Å²) in [6.45, 7) is 6.64. The van der Waals surface area contributed by atoms with E-state index in [1.165, 1.54) is 4.57 Å². The maximum atomic E-state index is 13.3. The number of hydrogen-bond acceptors (Lipinski definition) is 3. The summed E-state index contributed by atoms with van der Waals surface area (Å²) < 4.78 is 2.31. The summed E-state index contributed by atoms with van der Waals surface area (Å²) >= 11 is 9.59. The molecular weight excluding hydrogens is 480 g/mol. The van der Waals surface area contributed by atoms with Gasteiger partial charge in [-0.1, -0.05) is 37.6 Å². The lowest BCUT2D eigenvalue weighted by Crippen LogP contribution is -2.40. The van der Waals surface area contributed by atoms with Crippen LogP contribution in [0.15, 0.2) is 51.7 Å². The standard InChI is InChI=1S/C23H26BrClN4O2/c1-14(2)11-12-29(23(31)27-19-8-6-5-7-18(19)24)15(3)21-26-20-13-16(25)9-10-17(20)22(30)28(21)4/h5-10,13-15H,11-12H2,1-4H3,(H,27,31). The molecule has 2 amide bonds. The van der Waals surface area contributed by atoms with E-state index in [-0.39, 0.29) is 11.6 Å². The lowest BCUT2D eigenvalue weighted by molar-refractivity contribution is 0.184. The molecule has 1 N–H and O–H groups in total. The molecule has 3 aromatic rings. The summed E-state index contributed by atoms with van der Waals surface area (Å²) in [4.78, 5) is 32.6. The normalized spacial score (nSPS) is 12.2. The van der Waals surface area contributed by atoms with Crippen LogP contribution >= 0.6 is 27.5 Å². The summed E-state index contributed by atoms with van der Waals surface area (Å²) in [5.74, 6) is 0.920. The average Bonchev–Trinajstić information content (AvgIpc) is 2.72. The van der Waals surface area contributed by atoms with Crippen LogP contribution in [-0.4, -0.2) is 27.0 Å². The Balaban J connectivity index is 2.00. The van der Waals surface area contributed by atoms with Crippen molar-refractivity contribution >= 4 is 50.2 Å². The third-order valence-electron chi connectivity index (χ3n) is 5.24. The second-order valence-electron chi connectivity index (χ2n) is 7.96. The molecule has 0 fully saturated rings. The molecule has 3 rings (SSSR count). The number of benzene rings is 2. The van der Waals surface area contributed by atoms with Crippen molar-refractivity contribution in [3.05, 3.63) is 68.1 Å². The Kier molecular flexibility index (Phi) is 7.38. The van der Waals surface area contributed by atoms with Crippen LogP contribution < -0.4 is 10.9 Å². The smallest absolute Gasteiger partial charge is 0.315 e. The zero-order chi connectivity index (χ0) is 22.7. The van der Waals surface area contributed by atoms with Crippen molar-refractivity contribution in [3.8, 4) is 0 Å². The lowest BCUT2D eigenvalue weighted by atomic mass is 10.1. The van der Waals surface area contributed by atoms with Gasteiger partial charge in [0.15, 0.2) is 0 Å². The van der Waals surface area contributed by atoms with Crippen molar-refractivity contribution in [3.63, 3.8) is 0 Å². The van der Waals surface area contributed by atoms with Gasteiger partial charge in [-0.25, -0.2) is 9.78 Å². The molecule has 0 aliphatic heterocycles. The second kappa shape index (κ2) is 9.83. The highest BCUT2D eigenvalue weighted by Crippen LogP contribution is 2.25. The van der Waals surface area contributed by atoms with Gasteiger partial charge in [0.05, 0.1) is 22.6 Å². The molecule has 0 bridgehead atoms. The van der Waals surface area contributed by atoms with E-state index in [9.17, 15) is 9.59 Å². The van der Waals surface area contributed by atoms with Crippen molar-refractivity contribution < 1.29 is 4.79 Å². The fraction of sp³-hybridized carbons (Fsp3) is 0.348. The number of anilines is 1. The fourth-order valence-corrected chi connectivity index (χ4v) is 3.94. The molecule has 0 aliphatic rings. The van der Waals surface area contributed by atoms with E-state index in [1.807, 2.05) is 31.2 Å². The van der Waals surface area contributed by atoms with Crippen LogP contribution in [-0.2, 0) is 7.05 Å². The number of urea groups is 1. The van der Waals surface area contributed by atoms with E-state index in [1.54, 1.807) is 30.1 Å². The number of hydrogen-bond donors (Lipinski definition) is 1. The van der Waals surface area contributed by atoms with Crippen molar-refractivity contribution in [2.75, 3.05) is 11.9 Å². The second-order valence-corrected chi connectivity index (χ2v) is 9.25. The first kappa shape index (κ1) is 23.3. The molecule has 1 heterocycles.